The highest BCUT2D eigenvalue weighted by Gasteiger charge is 2.68. The van der Waals surface area contributed by atoms with Crippen LogP contribution in [0.1, 0.15) is 18.5 Å². The van der Waals surface area contributed by atoms with E-state index >= 15 is 0 Å². The van der Waals surface area contributed by atoms with Gasteiger partial charge in [-0.15, -0.1) is 0 Å². The molecular weight excluding hydrogens is 428 g/mol. The molecule has 2 heterocycles. The van der Waals surface area contributed by atoms with Crippen LogP contribution in [0, 0.1) is 5.41 Å². The van der Waals surface area contributed by atoms with Crippen LogP contribution < -0.4 is 14.7 Å². The first kappa shape index (κ1) is 20.5. The zero-order valence-corrected chi connectivity index (χ0v) is 18.3. The molecule has 7 heteroatoms. The molecule has 0 bridgehead atoms. The standard InChI is InChI=1S/C25H21ClN2O4/c1-25-21(16-11-13-20(31-2)14-12-16)28(18-8-4-3-5-9-18)32-22(25)23(29)27(24(25)30)19-10-6-7-17(26)15-19/h3-15,21-22H,1-2H3/t21-,22+,25+/m1/s1. The third-order valence-electron chi connectivity index (χ3n) is 6.18. The van der Waals surface area contributed by atoms with Crippen LogP contribution in [0.15, 0.2) is 78.9 Å². The van der Waals surface area contributed by atoms with Crippen molar-refractivity contribution >= 4 is 34.8 Å². The molecule has 0 aromatic heterocycles. The van der Waals surface area contributed by atoms with Crippen molar-refractivity contribution in [2.24, 2.45) is 5.41 Å². The van der Waals surface area contributed by atoms with Crippen molar-refractivity contribution in [1.29, 1.82) is 0 Å². The van der Waals surface area contributed by atoms with Gasteiger partial charge in [0.05, 0.1) is 24.5 Å². The van der Waals surface area contributed by atoms with E-state index < -0.39 is 23.5 Å². The van der Waals surface area contributed by atoms with Gasteiger partial charge >= 0.3 is 0 Å². The lowest BCUT2D eigenvalue weighted by molar-refractivity contribution is -0.128. The first-order valence-corrected chi connectivity index (χ1v) is 10.6. The maximum Gasteiger partial charge on any atom is 0.266 e. The molecule has 0 aliphatic carbocycles. The minimum atomic E-state index is -1.15. The molecule has 0 spiro atoms. The SMILES string of the molecule is COc1ccc([C@H]2N(c3ccccc3)O[C@H]3C(=O)N(c4cccc(Cl)c4)C(=O)[C@]32C)cc1. The van der Waals surface area contributed by atoms with Crippen molar-refractivity contribution in [1.82, 2.24) is 0 Å². The molecule has 2 amide bonds. The molecule has 2 aliphatic rings. The van der Waals surface area contributed by atoms with Gasteiger partial charge in [-0.05, 0) is 55.0 Å². The van der Waals surface area contributed by atoms with E-state index in [0.717, 1.165) is 11.3 Å². The number of fused-ring (bicyclic) bond motifs is 1. The van der Waals surface area contributed by atoms with Gasteiger partial charge in [0.15, 0.2) is 6.10 Å². The number of ether oxygens (including phenoxy) is 1. The molecule has 3 aromatic rings. The third kappa shape index (κ3) is 2.98. The highest BCUT2D eigenvalue weighted by Crippen LogP contribution is 2.55. The van der Waals surface area contributed by atoms with Gasteiger partial charge < -0.3 is 4.74 Å². The van der Waals surface area contributed by atoms with Crippen LogP contribution in [0.25, 0.3) is 0 Å². The maximum atomic E-state index is 13.8. The average molecular weight is 449 g/mol. The molecule has 2 saturated heterocycles. The van der Waals surface area contributed by atoms with E-state index in [9.17, 15) is 9.59 Å². The second-order valence-electron chi connectivity index (χ2n) is 8.06. The second kappa shape index (κ2) is 7.65. The molecule has 32 heavy (non-hydrogen) atoms. The van der Waals surface area contributed by atoms with Gasteiger partial charge in [-0.2, -0.15) is 0 Å². The van der Waals surface area contributed by atoms with E-state index in [1.807, 2.05) is 54.6 Å². The summed E-state index contributed by atoms with van der Waals surface area (Å²) in [6.07, 6.45) is -0.971. The molecule has 6 nitrogen and oxygen atoms in total. The summed E-state index contributed by atoms with van der Waals surface area (Å²) in [5, 5.41) is 2.13. The number of nitrogens with zero attached hydrogens (tertiary/aromatic N) is 2. The topological polar surface area (TPSA) is 59.1 Å². The lowest BCUT2D eigenvalue weighted by atomic mass is 9.76. The van der Waals surface area contributed by atoms with E-state index in [4.69, 9.17) is 21.2 Å². The Kier molecular flexibility index (Phi) is 4.92. The molecule has 0 unspecified atom stereocenters. The van der Waals surface area contributed by atoms with Crippen LogP contribution in [0.4, 0.5) is 11.4 Å². The number of hydrogen-bond donors (Lipinski definition) is 0. The van der Waals surface area contributed by atoms with E-state index in [1.54, 1.807) is 43.4 Å². The number of hydrogen-bond acceptors (Lipinski definition) is 5. The fourth-order valence-corrected chi connectivity index (χ4v) is 4.76. The Bertz CT molecular complexity index is 1180. The molecule has 3 atom stereocenters. The fourth-order valence-electron chi connectivity index (χ4n) is 4.57. The summed E-state index contributed by atoms with van der Waals surface area (Å²) in [5.41, 5.74) is 0.892. The minimum absolute atomic E-state index is 0.325. The number of halogens is 1. The predicted molar refractivity (Wildman–Crippen MR) is 122 cm³/mol. The third-order valence-corrected chi connectivity index (χ3v) is 6.42. The van der Waals surface area contributed by atoms with Crippen molar-refractivity contribution in [2.75, 3.05) is 17.1 Å². The number of amides is 2. The quantitative estimate of drug-likeness (QED) is 0.537. The molecule has 3 aromatic carbocycles. The van der Waals surface area contributed by atoms with Crippen LogP contribution in [0.5, 0.6) is 5.75 Å². The minimum Gasteiger partial charge on any atom is -0.497 e. The number of carbonyl (C=O) groups excluding carboxylic acids is 2. The highest BCUT2D eigenvalue weighted by molar-refractivity contribution is 6.31. The number of benzene rings is 3. The molecule has 5 rings (SSSR count). The highest BCUT2D eigenvalue weighted by atomic mass is 35.5. The van der Waals surface area contributed by atoms with E-state index in [1.165, 1.54) is 4.90 Å². The Balaban J connectivity index is 1.63. The summed E-state index contributed by atoms with van der Waals surface area (Å²) in [7, 11) is 1.60. The largest absolute Gasteiger partial charge is 0.497 e. The van der Waals surface area contributed by atoms with Crippen molar-refractivity contribution in [3.63, 3.8) is 0 Å². The maximum absolute atomic E-state index is 13.8. The Morgan fingerprint density at radius 1 is 0.938 bits per heavy atom. The molecule has 0 N–H and O–H groups in total. The van der Waals surface area contributed by atoms with Crippen LogP contribution in [-0.2, 0) is 14.4 Å². The van der Waals surface area contributed by atoms with Gasteiger partial charge in [0.25, 0.3) is 5.91 Å². The summed E-state index contributed by atoms with van der Waals surface area (Å²) in [6.45, 7) is 1.79. The van der Waals surface area contributed by atoms with Gasteiger partial charge in [-0.25, -0.2) is 9.96 Å². The van der Waals surface area contributed by atoms with Gasteiger partial charge in [-0.3, -0.25) is 14.4 Å². The fraction of sp³-hybridized carbons (Fsp3) is 0.200. The average Bonchev–Trinajstić information content (AvgIpc) is 3.22. The summed E-state index contributed by atoms with van der Waals surface area (Å²) in [4.78, 5) is 34.7. The van der Waals surface area contributed by atoms with Gasteiger partial charge in [0.1, 0.15) is 11.2 Å². The molecule has 2 aliphatic heterocycles. The summed E-state index contributed by atoms with van der Waals surface area (Å²) in [6, 6.07) is 23.1. The number of hydroxylamine groups is 1. The Hall–Kier alpha value is -3.35. The van der Waals surface area contributed by atoms with Crippen molar-refractivity contribution in [3.8, 4) is 5.75 Å². The summed E-state index contributed by atoms with van der Waals surface area (Å²) < 4.78 is 5.29. The van der Waals surface area contributed by atoms with Crippen molar-refractivity contribution in [2.45, 2.75) is 19.1 Å². The number of anilines is 2. The Labute approximate surface area is 190 Å². The zero-order valence-electron chi connectivity index (χ0n) is 17.6. The molecule has 0 radical (unpaired) electrons. The van der Waals surface area contributed by atoms with Gasteiger partial charge in [-0.1, -0.05) is 48.0 Å². The monoisotopic (exact) mass is 448 g/mol. The second-order valence-corrected chi connectivity index (χ2v) is 8.50. The van der Waals surface area contributed by atoms with Gasteiger partial charge in [0.2, 0.25) is 5.91 Å². The van der Waals surface area contributed by atoms with Crippen molar-refractivity contribution in [3.05, 3.63) is 89.4 Å². The lowest BCUT2D eigenvalue weighted by Crippen LogP contribution is -2.41. The zero-order chi connectivity index (χ0) is 22.5. The van der Waals surface area contributed by atoms with Crippen LogP contribution >= 0.6 is 11.6 Å². The van der Waals surface area contributed by atoms with Crippen LogP contribution in [0.3, 0.4) is 0 Å². The Morgan fingerprint density at radius 3 is 2.28 bits per heavy atom. The van der Waals surface area contributed by atoms with E-state index in [-0.39, 0.29) is 5.91 Å². The molecular formula is C25H21ClN2O4. The van der Waals surface area contributed by atoms with Crippen LogP contribution in [-0.4, -0.2) is 25.0 Å². The summed E-state index contributed by atoms with van der Waals surface area (Å²) in [5.74, 6) is -0.0271. The van der Waals surface area contributed by atoms with E-state index in [2.05, 4.69) is 0 Å². The predicted octanol–water partition coefficient (Wildman–Crippen LogP) is 4.79. The number of methoxy groups -OCH3 is 1. The number of carbonyl (C=O) groups is 2. The lowest BCUT2D eigenvalue weighted by Gasteiger charge is -2.32. The molecule has 2 fully saturated rings. The first-order chi connectivity index (χ1) is 15.4. The van der Waals surface area contributed by atoms with Gasteiger partial charge in [0, 0.05) is 5.02 Å². The number of para-hydroxylation sites is 1. The molecule has 0 saturated carbocycles. The summed E-state index contributed by atoms with van der Waals surface area (Å²) >= 11 is 6.13. The number of imide groups is 1. The van der Waals surface area contributed by atoms with E-state index in [0.29, 0.717) is 16.5 Å². The normalized spacial score (nSPS) is 24.7. The smallest absolute Gasteiger partial charge is 0.266 e. The van der Waals surface area contributed by atoms with Crippen molar-refractivity contribution < 1.29 is 19.2 Å². The first-order valence-electron chi connectivity index (χ1n) is 10.2. The van der Waals surface area contributed by atoms with Crippen LogP contribution in [0.2, 0.25) is 5.02 Å². The molecule has 162 valence electrons. The Morgan fingerprint density at radius 2 is 1.62 bits per heavy atom. The number of rotatable bonds is 4.